The van der Waals surface area contributed by atoms with Crippen LogP contribution in [-0.2, 0) is 14.8 Å². The van der Waals surface area contributed by atoms with Crippen LogP contribution in [0.3, 0.4) is 0 Å². The Morgan fingerprint density at radius 2 is 1.66 bits per heavy atom. The highest BCUT2D eigenvalue weighted by atomic mass is 35.5. The minimum absolute atomic E-state index is 0.110. The summed E-state index contributed by atoms with van der Waals surface area (Å²) in [6, 6.07) is 13.5. The van der Waals surface area contributed by atoms with Gasteiger partial charge >= 0.3 is 0 Å². The molecule has 0 saturated carbocycles. The number of benzene rings is 2. The molecule has 1 fully saturated rings. The Kier molecular flexibility index (Phi) is 6.50. The number of nitrogens with one attached hydrogen (secondary N) is 2. The first-order valence-corrected chi connectivity index (χ1v) is 12.0. The molecule has 0 spiro atoms. The lowest BCUT2D eigenvalue weighted by atomic mass is 10.2. The standard InChI is InChI=1S/C22H24ClN5O3S/c1-15-3-8-19(14-20(15)23)32(29,30)27-18-6-4-17(5-7-18)25-22-24-16(2)13-21(26-22)28-9-11-31-12-10-28/h3-8,13-14,27H,9-12H2,1-2H3,(H,24,25,26). The molecule has 4 rings (SSSR count). The number of nitrogens with zero attached hydrogens (tertiary/aromatic N) is 3. The minimum atomic E-state index is -3.74. The van der Waals surface area contributed by atoms with Gasteiger partial charge in [0.1, 0.15) is 5.82 Å². The van der Waals surface area contributed by atoms with Crippen LogP contribution < -0.4 is 14.9 Å². The second-order valence-electron chi connectivity index (χ2n) is 7.51. The molecule has 1 aliphatic heterocycles. The van der Waals surface area contributed by atoms with Crippen LogP contribution >= 0.6 is 11.6 Å². The van der Waals surface area contributed by atoms with Gasteiger partial charge < -0.3 is 15.0 Å². The molecule has 3 aromatic rings. The zero-order chi connectivity index (χ0) is 22.7. The van der Waals surface area contributed by atoms with Crippen molar-refractivity contribution in [1.82, 2.24) is 9.97 Å². The van der Waals surface area contributed by atoms with Crippen LogP contribution in [0.4, 0.5) is 23.1 Å². The molecule has 0 unspecified atom stereocenters. The molecule has 10 heteroatoms. The van der Waals surface area contributed by atoms with E-state index in [-0.39, 0.29) is 4.90 Å². The van der Waals surface area contributed by atoms with Crippen molar-refractivity contribution in [2.24, 2.45) is 0 Å². The van der Waals surface area contributed by atoms with E-state index in [1.807, 2.05) is 19.9 Å². The van der Waals surface area contributed by atoms with Gasteiger partial charge in [-0.3, -0.25) is 4.72 Å². The van der Waals surface area contributed by atoms with Crippen molar-refractivity contribution in [3.63, 3.8) is 0 Å². The predicted octanol–water partition coefficient (Wildman–Crippen LogP) is 4.13. The van der Waals surface area contributed by atoms with Gasteiger partial charge in [-0.1, -0.05) is 17.7 Å². The van der Waals surface area contributed by atoms with Gasteiger partial charge in [-0.05, 0) is 55.8 Å². The molecule has 2 N–H and O–H groups in total. The summed E-state index contributed by atoms with van der Waals surface area (Å²) in [5.74, 6) is 1.33. The van der Waals surface area contributed by atoms with Gasteiger partial charge in [0.05, 0.1) is 18.1 Å². The van der Waals surface area contributed by atoms with E-state index in [1.165, 1.54) is 12.1 Å². The Bertz CT molecular complexity index is 1210. The lowest BCUT2D eigenvalue weighted by Crippen LogP contribution is -2.36. The molecule has 0 radical (unpaired) electrons. The Labute approximate surface area is 192 Å². The number of anilines is 4. The van der Waals surface area contributed by atoms with Gasteiger partial charge in [-0.2, -0.15) is 4.98 Å². The first-order valence-electron chi connectivity index (χ1n) is 10.1. The SMILES string of the molecule is Cc1cc(N2CCOCC2)nc(Nc2ccc(NS(=O)(=O)c3ccc(C)c(Cl)c3)cc2)n1. The first-order chi connectivity index (χ1) is 15.3. The van der Waals surface area contributed by atoms with Crippen molar-refractivity contribution < 1.29 is 13.2 Å². The molecule has 0 aliphatic carbocycles. The van der Waals surface area contributed by atoms with Crippen molar-refractivity contribution in [3.05, 3.63) is 64.8 Å². The molecule has 0 bridgehead atoms. The topological polar surface area (TPSA) is 96.5 Å². The number of ether oxygens (including phenoxy) is 1. The second-order valence-corrected chi connectivity index (χ2v) is 9.60. The summed E-state index contributed by atoms with van der Waals surface area (Å²) >= 11 is 6.07. The molecular weight excluding hydrogens is 450 g/mol. The van der Waals surface area contributed by atoms with Crippen molar-refractivity contribution >= 4 is 44.8 Å². The number of rotatable bonds is 6. The summed E-state index contributed by atoms with van der Waals surface area (Å²) in [5.41, 5.74) is 2.84. The number of hydrogen-bond donors (Lipinski definition) is 2. The Morgan fingerprint density at radius 1 is 0.969 bits per heavy atom. The van der Waals surface area contributed by atoms with Gasteiger partial charge in [0.25, 0.3) is 10.0 Å². The van der Waals surface area contributed by atoms with Crippen LogP contribution in [0.5, 0.6) is 0 Å². The smallest absolute Gasteiger partial charge is 0.261 e. The Balaban J connectivity index is 1.47. The summed E-state index contributed by atoms with van der Waals surface area (Å²) < 4.78 is 33.3. The van der Waals surface area contributed by atoms with E-state index >= 15 is 0 Å². The van der Waals surface area contributed by atoms with Gasteiger partial charge in [0, 0.05) is 41.2 Å². The van der Waals surface area contributed by atoms with E-state index in [4.69, 9.17) is 16.3 Å². The van der Waals surface area contributed by atoms with Crippen LogP contribution in [0.2, 0.25) is 5.02 Å². The number of aryl methyl sites for hydroxylation is 2. The fourth-order valence-electron chi connectivity index (χ4n) is 3.27. The summed E-state index contributed by atoms with van der Waals surface area (Å²) in [6.07, 6.45) is 0. The second kappa shape index (κ2) is 9.32. The zero-order valence-corrected chi connectivity index (χ0v) is 19.4. The molecule has 1 aliphatic rings. The van der Waals surface area contributed by atoms with Crippen LogP contribution in [-0.4, -0.2) is 44.7 Å². The Hall–Kier alpha value is -2.88. The van der Waals surface area contributed by atoms with Gasteiger partial charge in [0.15, 0.2) is 0 Å². The molecule has 0 amide bonds. The van der Waals surface area contributed by atoms with E-state index in [2.05, 4.69) is 24.9 Å². The van der Waals surface area contributed by atoms with Crippen LogP contribution in [0.25, 0.3) is 0 Å². The number of aromatic nitrogens is 2. The highest BCUT2D eigenvalue weighted by Gasteiger charge is 2.16. The molecule has 1 aromatic heterocycles. The van der Waals surface area contributed by atoms with Gasteiger partial charge in [0.2, 0.25) is 5.95 Å². The zero-order valence-electron chi connectivity index (χ0n) is 17.8. The van der Waals surface area contributed by atoms with E-state index < -0.39 is 10.0 Å². The predicted molar refractivity (Wildman–Crippen MR) is 127 cm³/mol. The molecule has 1 saturated heterocycles. The maximum absolute atomic E-state index is 12.6. The third kappa shape index (κ3) is 5.29. The normalized spacial score (nSPS) is 14.3. The maximum Gasteiger partial charge on any atom is 0.261 e. The maximum atomic E-state index is 12.6. The van der Waals surface area contributed by atoms with Crippen molar-refractivity contribution in [3.8, 4) is 0 Å². The molecule has 8 nitrogen and oxygen atoms in total. The molecule has 2 aromatic carbocycles. The minimum Gasteiger partial charge on any atom is -0.378 e. The van der Waals surface area contributed by atoms with E-state index in [0.29, 0.717) is 29.9 Å². The molecule has 32 heavy (non-hydrogen) atoms. The summed E-state index contributed by atoms with van der Waals surface area (Å²) in [5, 5.41) is 3.59. The number of sulfonamides is 1. The van der Waals surface area contributed by atoms with Crippen molar-refractivity contribution in [1.29, 1.82) is 0 Å². The van der Waals surface area contributed by atoms with Crippen LogP contribution in [0, 0.1) is 13.8 Å². The molecular formula is C22H24ClN5O3S. The average molecular weight is 474 g/mol. The number of halogens is 1. The van der Waals surface area contributed by atoms with Gasteiger partial charge in [-0.15, -0.1) is 0 Å². The lowest BCUT2D eigenvalue weighted by Gasteiger charge is -2.28. The Morgan fingerprint density at radius 3 is 2.34 bits per heavy atom. The first kappa shape index (κ1) is 22.3. The fourth-order valence-corrected chi connectivity index (χ4v) is 4.60. The van der Waals surface area contributed by atoms with Crippen molar-refractivity contribution in [2.75, 3.05) is 41.2 Å². The monoisotopic (exact) mass is 473 g/mol. The van der Waals surface area contributed by atoms with Gasteiger partial charge in [-0.25, -0.2) is 13.4 Å². The van der Waals surface area contributed by atoms with E-state index in [0.717, 1.165) is 35.9 Å². The third-order valence-electron chi connectivity index (χ3n) is 5.02. The third-order valence-corrected chi connectivity index (χ3v) is 6.81. The number of hydrogen-bond acceptors (Lipinski definition) is 7. The summed E-state index contributed by atoms with van der Waals surface area (Å²) in [6.45, 7) is 6.68. The lowest BCUT2D eigenvalue weighted by molar-refractivity contribution is 0.122. The highest BCUT2D eigenvalue weighted by Crippen LogP contribution is 2.24. The van der Waals surface area contributed by atoms with E-state index in [9.17, 15) is 8.42 Å². The highest BCUT2D eigenvalue weighted by molar-refractivity contribution is 7.92. The molecule has 168 valence electrons. The van der Waals surface area contributed by atoms with Crippen LogP contribution in [0.1, 0.15) is 11.3 Å². The van der Waals surface area contributed by atoms with Crippen molar-refractivity contribution in [2.45, 2.75) is 18.7 Å². The number of morpholine rings is 1. The average Bonchev–Trinajstić information content (AvgIpc) is 2.77. The summed E-state index contributed by atoms with van der Waals surface area (Å²) in [4.78, 5) is 11.3. The quantitative estimate of drug-likeness (QED) is 0.555. The molecule has 0 atom stereocenters. The van der Waals surface area contributed by atoms with E-state index in [1.54, 1.807) is 30.3 Å². The molecule has 2 heterocycles. The summed E-state index contributed by atoms with van der Waals surface area (Å²) in [7, 11) is -3.74. The van der Waals surface area contributed by atoms with Crippen LogP contribution in [0.15, 0.2) is 53.4 Å². The largest absolute Gasteiger partial charge is 0.378 e. The fraction of sp³-hybridized carbons (Fsp3) is 0.273.